The van der Waals surface area contributed by atoms with Crippen molar-refractivity contribution in [3.05, 3.63) is 154 Å². The van der Waals surface area contributed by atoms with Gasteiger partial charge in [0, 0.05) is 11.1 Å². The predicted octanol–water partition coefficient (Wildman–Crippen LogP) is 3.82. The molecule has 0 heterocycles. The second kappa shape index (κ2) is 11.3. The summed E-state index contributed by atoms with van der Waals surface area (Å²) in [5.41, 5.74) is 3.30. The van der Waals surface area contributed by atoms with Crippen molar-refractivity contribution >= 4 is 34.7 Å². The minimum Gasteiger partial charge on any atom is -0.592 e. The Hall–Kier alpha value is -4.87. The van der Waals surface area contributed by atoms with Gasteiger partial charge < -0.3 is 10.2 Å². The molecular formula is C32H24NiO6+6. The summed E-state index contributed by atoms with van der Waals surface area (Å²) in [5, 5.41) is 16.2. The van der Waals surface area contributed by atoms with Gasteiger partial charge in [0.15, 0.2) is 0 Å². The second-order valence-electron chi connectivity index (χ2n) is 8.68. The fraction of sp³-hybridized carbons (Fsp3) is 0. The van der Waals surface area contributed by atoms with E-state index in [2.05, 4.69) is 0 Å². The number of rotatable bonds is 2. The van der Waals surface area contributed by atoms with Crippen molar-refractivity contribution in [3.63, 3.8) is 0 Å². The van der Waals surface area contributed by atoms with Crippen LogP contribution in [-0.4, -0.2) is 42.9 Å². The summed E-state index contributed by atoms with van der Waals surface area (Å²) in [6.45, 7) is 0. The summed E-state index contributed by atoms with van der Waals surface area (Å²) in [5.74, 6) is -0.675. The summed E-state index contributed by atoms with van der Waals surface area (Å²) in [4.78, 5) is 44.8. The average molecular weight is 563 g/mol. The molecule has 0 spiro atoms. The molecule has 0 atom stereocenters. The third-order valence-corrected chi connectivity index (χ3v) is 6.41. The number of carbonyl (C=O) groups is 2. The number of Topliss-reactive ketones (excluding diaryl/α,β-unsaturated/α-hetero) is 2. The van der Waals surface area contributed by atoms with Crippen molar-refractivity contribution in [2.75, 3.05) is 0 Å². The third kappa shape index (κ3) is 4.88. The predicted molar refractivity (Wildman–Crippen MR) is 148 cm³/mol. The smallest absolute Gasteiger partial charge is 0.592 e. The second-order valence-corrected chi connectivity index (χ2v) is 8.68. The van der Waals surface area contributed by atoms with E-state index < -0.39 is 0 Å². The van der Waals surface area contributed by atoms with E-state index in [0.717, 1.165) is 0 Å². The molecule has 7 heteroatoms. The normalized spacial score (nSPS) is 16.0. The summed E-state index contributed by atoms with van der Waals surface area (Å²) in [7, 11) is 0. The Morgan fingerprint density at radius 2 is 0.744 bits per heavy atom. The van der Waals surface area contributed by atoms with Gasteiger partial charge in [-0.15, -0.1) is 0 Å². The molecule has 0 aliphatic heterocycles. The number of ketones is 4. The van der Waals surface area contributed by atoms with Crippen molar-refractivity contribution in [3.8, 4) is 0 Å². The van der Waals surface area contributed by atoms with E-state index >= 15 is 0 Å². The van der Waals surface area contributed by atoms with Crippen LogP contribution in [0.2, 0.25) is 0 Å². The van der Waals surface area contributed by atoms with Gasteiger partial charge in [0.1, 0.15) is 0 Å². The Morgan fingerprint density at radius 1 is 0.462 bits per heavy atom. The molecule has 6 nitrogen and oxygen atoms in total. The molecule has 0 saturated heterocycles. The van der Waals surface area contributed by atoms with Crippen LogP contribution in [0.25, 0.3) is 11.5 Å². The van der Waals surface area contributed by atoms with E-state index in [-0.39, 0.29) is 62.3 Å². The van der Waals surface area contributed by atoms with E-state index in [0.29, 0.717) is 33.4 Å². The summed E-state index contributed by atoms with van der Waals surface area (Å²) >= 11 is 0. The van der Waals surface area contributed by atoms with E-state index in [9.17, 15) is 19.2 Å². The molecular weight excluding hydrogens is 539 g/mol. The third-order valence-electron chi connectivity index (χ3n) is 6.41. The van der Waals surface area contributed by atoms with Crippen molar-refractivity contribution < 1.29 is 45.9 Å². The maximum Gasteiger partial charge on any atom is 2.00 e. The molecule has 2 aliphatic rings. The molecule has 0 saturated carbocycles. The van der Waals surface area contributed by atoms with Crippen LogP contribution < -0.4 is 0 Å². The van der Waals surface area contributed by atoms with Gasteiger partial charge in [-0.25, -0.2) is 0 Å². The number of carbonyl (C=O) groups excluding carboxylic acids is 4. The first-order valence-corrected chi connectivity index (χ1v) is 11.8. The molecule has 0 fully saturated rings. The average Bonchev–Trinajstić information content (AvgIpc) is 3.38. The first kappa shape index (κ1) is 27.2. The Morgan fingerprint density at radius 3 is 1.05 bits per heavy atom. The van der Waals surface area contributed by atoms with Crippen LogP contribution in [0.4, 0.5) is 0 Å². The van der Waals surface area contributed by atoms with Crippen molar-refractivity contribution in [1.82, 2.24) is 0 Å². The zero-order valence-corrected chi connectivity index (χ0v) is 21.4. The monoisotopic (exact) mass is 562 g/mol. The van der Waals surface area contributed by atoms with Crippen LogP contribution in [-0.2, 0) is 16.5 Å². The molecule has 4 aromatic rings. The van der Waals surface area contributed by atoms with Gasteiger partial charge >= 0.3 is 28.1 Å². The molecule has 6 N–H and O–H groups in total. The molecule has 0 bridgehead atoms. The molecule has 6 rings (SSSR count). The molecule has 0 radical (unpaired) electrons. The van der Waals surface area contributed by atoms with Crippen LogP contribution in [0.15, 0.2) is 120 Å². The van der Waals surface area contributed by atoms with Crippen LogP contribution in [0.3, 0.4) is 0 Å². The van der Waals surface area contributed by atoms with Gasteiger partial charge in [0.2, 0.25) is 22.7 Å². The van der Waals surface area contributed by atoms with Crippen molar-refractivity contribution in [2.24, 2.45) is 0 Å². The summed E-state index contributed by atoms with van der Waals surface area (Å²) < 4.78 is 0. The first-order chi connectivity index (χ1) is 18.4. The maximum atomic E-state index is 12.3. The largest absolute Gasteiger partial charge is 2.00 e. The molecule has 192 valence electrons. The molecule has 0 aromatic heterocycles. The fourth-order valence-corrected chi connectivity index (χ4v) is 4.49. The van der Waals surface area contributed by atoms with E-state index in [1.165, 1.54) is 0 Å². The van der Waals surface area contributed by atoms with E-state index in [4.69, 9.17) is 10.2 Å². The fourth-order valence-electron chi connectivity index (χ4n) is 4.49. The van der Waals surface area contributed by atoms with E-state index in [1.54, 1.807) is 97.1 Å². The topological polar surface area (TPSA) is 123 Å². The zero-order chi connectivity index (χ0) is 26.8. The number of hydrogen-bond acceptors (Lipinski definition) is 2. The Bertz CT molecular complexity index is 1480. The van der Waals surface area contributed by atoms with Gasteiger partial charge in [-0.1, -0.05) is 72.8 Å². The number of fused-ring (bicyclic) bond motifs is 2. The quantitative estimate of drug-likeness (QED) is 0.121. The van der Waals surface area contributed by atoms with Gasteiger partial charge in [0.05, 0.1) is 22.3 Å². The van der Waals surface area contributed by atoms with Crippen LogP contribution in [0.1, 0.15) is 43.0 Å². The Kier molecular flexibility index (Phi) is 7.84. The SMILES string of the molecule is O=C1C(=C([OH2+])c2ccccc2)C(=[OH+])c2ccccc21.O=C1C(=C([OH2+])c2ccccc2)C(=[OH+])c2ccccc21.[Ni+2]. The van der Waals surface area contributed by atoms with Crippen molar-refractivity contribution in [1.29, 1.82) is 0 Å². The number of allylic oxidation sites excluding steroid dienone is 2. The van der Waals surface area contributed by atoms with Crippen molar-refractivity contribution in [2.45, 2.75) is 0 Å². The summed E-state index contributed by atoms with van der Waals surface area (Å²) in [6, 6.07) is 31.6. The Balaban J connectivity index is 0.000000176. The Labute approximate surface area is 233 Å². The minimum absolute atomic E-state index is 0. The zero-order valence-electron chi connectivity index (χ0n) is 20.4. The standard InChI is InChI=1S/2C16H10O3.Ni/c2*17-14(10-6-2-1-3-7-10)13-15(18)11-8-4-5-9-12(11)16(13)19;/h2*1-9,17H;/q;;+2/p+4. The molecule has 39 heavy (non-hydrogen) atoms. The van der Waals surface area contributed by atoms with Crippen LogP contribution >= 0.6 is 0 Å². The number of hydrogen-bond donors (Lipinski definition) is 0. The molecule has 4 aromatic carbocycles. The molecule has 2 aliphatic carbocycles. The number of benzene rings is 4. The first-order valence-electron chi connectivity index (χ1n) is 11.8. The van der Waals surface area contributed by atoms with Gasteiger partial charge in [0.25, 0.3) is 11.5 Å². The van der Waals surface area contributed by atoms with Gasteiger partial charge in [-0.3, -0.25) is 19.2 Å². The van der Waals surface area contributed by atoms with Gasteiger partial charge in [-0.2, -0.15) is 0 Å². The van der Waals surface area contributed by atoms with Gasteiger partial charge in [-0.05, 0) is 36.4 Å². The maximum absolute atomic E-state index is 12.3. The van der Waals surface area contributed by atoms with E-state index in [1.807, 2.05) is 12.1 Å². The molecule has 0 unspecified atom stereocenters. The van der Waals surface area contributed by atoms with Crippen LogP contribution in [0, 0.1) is 0 Å². The van der Waals surface area contributed by atoms with Crippen LogP contribution in [0.5, 0.6) is 0 Å². The minimum atomic E-state index is -0.290. The summed E-state index contributed by atoms with van der Waals surface area (Å²) in [6.07, 6.45) is 0. The molecule has 0 amide bonds.